The van der Waals surface area contributed by atoms with E-state index in [9.17, 15) is 17.6 Å². The summed E-state index contributed by atoms with van der Waals surface area (Å²) in [4.78, 5) is 0. The number of alkyl halides is 3. The molecule has 3 fully saturated rings. The lowest BCUT2D eigenvalue weighted by Crippen LogP contribution is -2.41. The molecule has 160 valence electrons. The molecule has 0 nitrogen and oxygen atoms in total. The van der Waals surface area contributed by atoms with Crippen LogP contribution < -0.4 is 0 Å². The topological polar surface area (TPSA) is 0 Å². The van der Waals surface area contributed by atoms with Crippen LogP contribution in [0.2, 0.25) is 0 Å². The van der Waals surface area contributed by atoms with E-state index < -0.39 is 17.6 Å². The van der Waals surface area contributed by atoms with E-state index in [4.69, 9.17) is 0 Å². The molecule has 3 aliphatic carbocycles. The van der Waals surface area contributed by atoms with Crippen molar-refractivity contribution < 1.29 is 17.6 Å². The minimum Gasteiger partial charge on any atom is -0.206 e. The van der Waals surface area contributed by atoms with Gasteiger partial charge >= 0.3 is 6.18 Å². The third kappa shape index (κ3) is 4.41. The molecule has 3 saturated carbocycles. The Morgan fingerprint density at radius 1 is 0.931 bits per heavy atom. The fraction of sp³-hybridized carbons (Fsp3) is 0.680. The van der Waals surface area contributed by atoms with Gasteiger partial charge < -0.3 is 0 Å². The first-order valence-electron chi connectivity index (χ1n) is 11.3. The molecule has 0 heterocycles. The molecule has 1 aromatic rings. The molecule has 0 bridgehead atoms. The highest BCUT2D eigenvalue weighted by Gasteiger charge is 2.44. The Morgan fingerprint density at radius 3 is 2.28 bits per heavy atom. The zero-order chi connectivity index (χ0) is 20.6. The van der Waals surface area contributed by atoms with Crippen molar-refractivity contribution in [2.24, 2.45) is 29.6 Å². The van der Waals surface area contributed by atoms with Crippen molar-refractivity contribution in [2.75, 3.05) is 0 Å². The van der Waals surface area contributed by atoms with Crippen molar-refractivity contribution >= 4 is 0 Å². The average Bonchev–Trinajstić information content (AvgIpc) is 2.70. The Hall–Kier alpha value is -1.32. The summed E-state index contributed by atoms with van der Waals surface area (Å²) in [6, 6.07) is 3.58. The molecule has 0 N–H and O–H groups in total. The Balaban J connectivity index is 1.40. The van der Waals surface area contributed by atoms with Gasteiger partial charge in [0.05, 0.1) is 5.56 Å². The van der Waals surface area contributed by atoms with Crippen LogP contribution in [0.4, 0.5) is 17.6 Å². The van der Waals surface area contributed by atoms with Gasteiger partial charge in [-0.3, -0.25) is 0 Å². The van der Waals surface area contributed by atoms with Crippen LogP contribution in [0.15, 0.2) is 30.9 Å². The first-order valence-corrected chi connectivity index (χ1v) is 11.3. The number of fused-ring (bicyclic) bond motifs is 3. The van der Waals surface area contributed by atoms with Gasteiger partial charge in [0.25, 0.3) is 0 Å². The monoisotopic (exact) mass is 408 g/mol. The van der Waals surface area contributed by atoms with Crippen molar-refractivity contribution in [1.29, 1.82) is 0 Å². The summed E-state index contributed by atoms with van der Waals surface area (Å²) in [5.74, 6) is 3.05. The van der Waals surface area contributed by atoms with Gasteiger partial charge in [-0.2, -0.15) is 13.2 Å². The minimum absolute atomic E-state index is 0.202. The van der Waals surface area contributed by atoms with Crippen LogP contribution in [0.1, 0.15) is 81.3 Å². The fourth-order valence-electron chi connectivity index (χ4n) is 6.83. The summed E-state index contributed by atoms with van der Waals surface area (Å²) in [6.07, 6.45) is 9.54. The summed E-state index contributed by atoms with van der Waals surface area (Å²) < 4.78 is 52.6. The molecule has 29 heavy (non-hydrogen) atoms. The number of hydrogen-bond donors (Lipinski definition) is 0. The number of benzene rings is 1. The van der Waals surface area contributed by atoms with E-state index >= 15 is 0 Å². The number of allylic oxidation sites excluding steroid dienone is 1. The second-order valence-electron chi connectivity index (χ2n) is 9.72. The van der Waals surface area contributed by atoms with Crippen LogP contribution in [-0.4, -0.2) is 0 Å². The molecule has 0 aromatic heterocycles. The molecule has 4 rings (SSSR count). The second-order valence-corrected chi connectivity index (χ2v) is 9.72. The molecular formula is C25H32F4. The average molecular weight is 409 g/mol. The number of halogens is 4. The predicted octanol–water partition coefficient (Wildman–Crippen LogP) is 8.14. The SMILES string of the molecule is C=CCCC1CCC2C(CCC3CC(c4ccc(C(F)(F)F)c(F)c4)CCC32)C1. The lowest BCUT2D eigenvalue weighted by atomic mass is 9.55. The van der Waals surface area contributed by atoms with Crippen LogP contribution in [0.3, 0.4) is 0 Å². The zero-order valence-corrected chi connectivity index (χ0v) is 17.1. The van der Waals surface area contributed by atoms with Gasteiger partial charge in [-0.1, -0.05) is 18.6 Å². The van der Waals surface area contributed by atoms with Crippen LogP contribution in [0.5, 0.6) is 0 Å². The molecule has 0 amide bonds. The van der Waals surface area contributed by atoms with E-state index in [0.29, 0.717) is 5.92 Å². The third-order valence-corrected chi connectivity index (χ3v) is 8.20. The first-order chi connectivity index (χ1) is 13.9. The lowest BCUT2D eigenvalue weighted by Gasteiger charge is -2.51. The van der Waals surface area contributed by atoms with Crippen LogP contribution in [-0.2, 0) is 6.18 Å². The zero-order valence-electron chi connectivity index (χ0n) is 17.1. The van der Waals surface area contributed by atoms with Gasteiger partial charge in [0, 0.05) is 0 Å². The Labute approximate surface area is 171 Å². The van der Waals surface area contributed by atoms with Crippen LogP contribution >= 0.6 is 0 Å². The molecule has 1 aromatic carbocycles. The molecule has 0 radical (unpaired) electrons. The van der Waals surface area contributed by atoms with Gasteiger partial charge in [0.15, 0.2) is 0 Å². The summed E-state index contributed by atoms with van der Waals surface area (Å²) in [7, 11) is 0. The predicted molar refractivity (Wildman–Crippen MR) is 108 cm³/mol. The van der Waals surface area contributed by atoms with Crippen molar-refractivity contribution in [1.82, 2.24) is 0 Å². The van der Waals surface area contributed by atoms with E-state index in [1.165, 1.54) is 44.6 Å². The molecule has 6 unspecified atom stereocenters. The Kier molecular flexibility index (Phi) is 6.09. The first kappa shape index (κ1) is 20.9. The summed E-state index contributed by atoms with van der Waals surface area (Å²) in [5, 5.41) is 0. The maximum atomic E-state index is 14.1. The molecule has 3 aliphatic rings. The standard InChI is InChI=1S/C25H32F4/c1-2-3-4-16-5-10-21-19(13-16)6-7-20-14-17(8-11-22(20)21)18-9-12-23(24(26)15-18)25(27,28)29/h2,9,12,15-17,19-22H,1,3-8,10-11,13-14H2. The van der Waals surface area contributed by atoms with Gasteiger partial charge in [-0.15, -0.1) is 6.58 Å². The van der Waals surface area contributed by atoms with Crippen molar-refractivity contribution in [2.45, 2.75) is 76.3 Å². The lowest BCUT2D eigenvalue weighted by molar-refractivity contribution is -0.140. The van der Waals surface area contributed by atoms with Gasteiger partial charge in [-0.25, -0.2) is 4.39 Å². The molecular weight excluding hydrogens is 376 g/mol. The fourth-order valence-corrected chi connectivity index (χ4v) is 6.83. The molecule has 4 heteroatoms. The van der Waals surface area contributed by atoms with Gasteiger partial charge in [0.1, 0.15) is 5.82 Å². The molecule has 0 saturated heterocycles. The van der Waals surface area contributed by atoms with E-state index in [1.54, 1.807) is 0 Å². The third-order valence-electron chi connectivity index (χ3n) is 8.20. The second kappa shape index (κ2) is 8.43. The smallest absolute Gasteiger partial charge is 0.206 e. The molecule has 6 atom stereocenters. The quantitative estimate of drug-likeness (QED) is 0.348. The maximum absolute atomic E-state index is 14.1. The van der Waals surface area contributed by atoms with Crippen LogP contribution in [0.25, 0.3) is 0 Å². The van der Waals surface area contributed by atoms with Crippen molar-refractivity contribution in [3.8, 4) is 0 Å². The van der Waals surface area contributed by atoms with Gasteiger partial charge in [-0.05, 0) is 111 Å². The Morgan fingerprint density at radius 2 is 1.62 bits per heavy atom. The highest BCUT2D eigenvalue weighted by atomic mass is 19.4. The van der Waals surface area contributed by atoms with E-state index in [0.717, 1.165) is 67.1 Å². The normalized spacial score (nSPS) is 34.9. The summed E-state index contributed by atoms with van der Waals surface area (Å²) >= 11 is 0. The van der Waals surface area contributed by atoms with E-state index in [1.807, 2.05) is 6.08 Å². The van der Waals surface area contributed by atoms with Gasteiger partial charge in [0.2, 0.25) is 0 Å². The van der Waals surface area contributed by atoms with Crippen LogP contribution in [0, 0.1) is 35.4 Å². The van der Waals surface area contributed by atoms with Crippen molar-refractivity contribution in [3.05, 3.63) is 47.8 Å². The molecule has 0 spiro atoms. The summed E-state index contributed by atoms with van der Waals surface area (Å²) in [5.41, 5.74) is -0.395. The minimum atomic E-state index is -4.62. The highest BCUT2D eigenvalue weighted by Crippen LogP contribution is 2.55. The largest absolute Gasteiger partial charge is 0.419 e. The number of hydrogen-bond acceptors (Lipinski definition) is 0. The van der Waals surface area contributed by atoms with E-state index in [-0.39, 0.29) is 5.92 Å². The molecule has 0 aliphatic heterocycles. The summed E-state index contributed by atoms with van der Waals surface area (Å²) in [6.45, 7) is 3.86. The number of rotatable bonds is 4. The van der Waals surface area contributed by atoms with E-state index in [2.05, 4.69) is 6.58 Å². The highest BCUT2D eigenvalue weighted by molar-refractivity contribution is 5.29. The van der Waals surface area contributed by atoms with Crippen molar-refractivity contribution in [3.63, 3.8) is 0 Å². The Bertz CT molecular complexity index is 722. The maximum Gasteiger partial charge on any atom is 0.419 e.